The lowest BCUT2D eigenvalue weighted by Gasteiger charge is -2.12. The van der Waals surface area contributed by atoms with Crippen LogP contribution >= 0.6 is 15.9 Å². The zero-order valence-corrected chi connectivity index (χ0v) is 12.7. The number of ether oxygens (including phenoxy) is 1. The van der Waals surface area contributed by atoms with Gasteiger partial charge in [-0.1, -0.05) is 0 Å². The molecule has 1 aliphatic heterocycles. The van der Waals surface area contributed by atoms with Gasteiger partial charge in [-0.2, -0.15) is 0 Å². The normalized spacial score (nSPS) is 17.5. The molecule has 1 unspecified atom stereocenters. The van der Waals surface area contributed by atoms with E-state index in [1.54, 1.807) is 12.3 Å². The molecule has 0 aromatic carbocycles. The van der Waals surface area contributed by atoms with E-state index in [2.05, 4.69) is 36.5 Å². The van der Waals surface area contributed by atoms with Crippen LogP contribution in [0.2, 0.25) is 0 Å². The fourth-order valence-corrected chi connectivity index (χ4v) is 2.02. The Bertz CT molecular complexity index is 622. The van der Waals surface area contributed by atoms with Gasteiger partial charge in [0.25, 0.3) is 11.8 Å². The summed E-state index contributed by atoms with van der Waals surface area (Å²) in [6.45, 7) is 0.193. The average Bonchev–Trinajstić information content (AvgIpc) is 3.00. The highest BCUT2D eigenvalue weighted by molar-refractivity contribution is 9.10. The summed E-state index contributed by atoms with van der Waals surface area (Å²) in [7, 11) is 1.47. The third-order valence-corrected chi connectivity index (χ3v) is 3.18. The van der Waals surface area contributed by atoms with Crippen LogP contribution in [0, 0.1) is 0 Å². The van der Waals surface area contributed by atoms with Crippen molar-refractivity contribution in [1.82, 2.24) is 15.6 Å². The first-order valence-corrected chi connectivity index (χ1v) is 6.81. The Morgan fingerprint density at radius 3 is 2.95 bits per heavy atom. The topological polar surface area (TPSA) is 122 Å². The third-order valence-electron chi connectivity index (χ3n) is 2.72. The first-order valence-electron chi connectivity index (χ1n) is 6.02. The quantitative estimate of drug-likeness (QED) is 0.548. The summed E-state index contributed by atoms with van der Waals surface area (Å²) in [5.74, 6) is -0.629. The van der Waals surface area contributed by atoms with Gasteiger partial charge in [-0.05, 0) is 28.1 Å². The highest BCUT2D eigenvalue weighted by Crippen LogP contribution is 2.10. The molecule has 0 fully saturated rings. The van der Waals surface area contributed by atoms with Crippen LogP contribution < -0.4 is 16.4 Å². The van der Waals surface area contributed by atoms with Crippen molar-refractivity contribution in [3.05, 3.63) is 34.2 Å². The minimum Gasteiger partial charge on any atom is -0.375 e. The summed E-state index contributed by atoms with van der Waals surface area (Å²) < 4.78 is 5.97. The summed E-state index contributed by atoms with van der Waals surface area (Å²) >= 11 is 3.25. The zero-order valence-electron chi connectivity index (χ0n) is 11.1. The Labute approximate surface area is 129 Å². The van der Waals surface area contributed by atoms with Gasteiger partial charge in [-0.3, -0.25) is 14.9 Å². The predicted octanol–water partition coefficient (Wildman–Crippen LogP) is -0.150. The molecule has 2 rings (SSSR count). The fourth-order valence-electron chi connectivity index (χ4n) is 1.68. The van der Waals surface area contributed by atoms with E-state index in [-0.39, 0.29) is 24.1 Å². The van der Waals surface area contributed by atoms with Crippen LogP contribution in [0.15, 0.2) is 33.5 Å². The SMILES string of the molecule is COC(C=C1N=C(N)NC1=O)CNC(=O)c1cc(Br)c[nH]1. The number of aromatic nitrogens is 1. The van der Waals surface area contributed by atoms with Crippen LogP contribution in [-0.2, 0) is 9.53 Å². The minimum atomic E-state index is -0.497. The van der Waals surface area contributed by atoms with Gasteiger partial charge in [-0.25, -0.2) is 4.99 Å². The first-order chi connectivity index (χ1) is 9.99. The summed E-state index contributed by atoms with van der Waals surface area (Å²) in [5, 5.41) is 5.05. The molecule has 21 heavy (non-hydrogen) atoms. The van der Waals surface area contributed by atoms with Crippen molar-refractivity contribution in [2.75, 3.05) is 13.7 Å². The molecule has 1 aromatic heterocycles. The van der Waals surface area contributed by atoms with Crippen molar-refractivity contribution in [1.29, 1.82) is 0 Å². The van der Waals surface area contributed by atoms with E-state index in [0.717, 1.165) is 4.47 Å². The van der Waals surface area contributed by atoms with Crippen molar-refractivity contribution in [2.24, 2.45) is 10.7 Å². The number of hydrogen-bond donors (Lipinski definition) is 4. The van der Waals surface area contributed by atoms with E-state index in [9.17, 15) is 9.59 Å². The Morgan fingerprint density at radius 2 is 2.43 bits per heavy atom. The van der Waals surface area contributed by atoms with Crippen LogP contribution in [0.25, 0.3) is 0 Å². The number of aromatic amines is 1. The smallest absolute Gasteiger partial charge is 0.276 e. The number of H-pyrrole nitrogens is 1. The van der Waals surface area contributed by atoms with Crippen LogP contribution in [0.5, 0.6) is 0 Å². The number of carbonyl (C=O) groups is 2. The molecule has 2 amide bonds. The van der Waals surface area contributed by atoms with Crippen molar-refractivity contribution in [3.8, 4) is 0 Å². The third kappa shape index (κ3) is 3.92. The number of aliphatic imine (C=N–C) groups is 1. The maximum atomic E-state index is 11.9. The summed E-state index contributed by atoms with van der Waals surface area (Å²) in [6.07, 6.45) is 2.66. The maximum Gasteiger partial charge on any atom is 0.276 e. The van der Waals surface area contributed by atoms with Gasteiger partial charge in [0.1, 0.15) is 11.4 Å². The highest BCUT2D eigenvalue weighted by atomic mass is 79.9. The maximum absolute atomic E-state index is 11.9. The number of carbonyl (C=O) groups excluding carboxylic acids is 2. The van der Waals surface area contributed by atoms with Gasteiger partial charge in [0.2, 0.25) is 5.96 Å². The number of guanidine groups is 1. The number of hydrogen-bond acceptors (Lipinski definition) is 5. The number of methoxy groups -OCH3 is 1. The fraction of sp³-hybridized carbons (Fsp3) is 0.250. The molecule has 112 valence electrons. The molecule has 8 nitrogen and oxygen atoms in total. The van der Waals surface area contributed by atoms with Crippen molar-refractivity contribution >= 4 is 33.7 Å². The van der Waals surface area contributed by atoms with Gasteiger partial charge in [0.15, 0.2) is 0 Å². The van der Waals surface area contributed by atoms with Gasteiger partial charge in [0.05, 0.1) is 6.10 Å². The van der Waals surface area contributed by atoms with E-state index < -0.39 is 12.0 Å². The molecule has 0 saturated carbocycles. The molecular formula is C12H14BrN5O3. The molecule has 1 atom stereocenters. The van der Waals surface area contributed by atoms with Gasteiger partial charge in [0, 0.05) is 24.3 Å². The Morgan fingerprint density at radius 1 is 1.67 bits per heavy atom. The minimum absolute atomic E-state index is 0.0429. The molecule has 0 radical (unpaired) electrons. The lowest BCUT2D eigenvalue weighted by Crippen LogP contribution is -2.33. The first kappa shape index (κ1) is 15.3. The van der Waals surface area contributed by atoms with E-state index in [0.29, 0.717) is 5.69 Å². The number of nitrogens with one attached hydrogen (secondary N) is 3. The summed E-state index contributed by atoms with van der Waals surface area (Å²) in [4.78, 5) is 30.0. The van der Waals surface area contributed by atoms with Crippen LogP contribution in [0.4, 0.5) is 0 Å². The molecule has 5 N–H and O–H groups in total. The number of rotatable bonds is 5. The Kier molecular flexibility index (Phi) is 4.76. The highest BCUT2D eigenvalue weighted by Gasteiger charge is 2.20. The number of nitrogens with zero attached hydrogens (tertiary/aromatic N) is 1. The lowest BCUT2D eigenvalue weighted by atomic mass is 10.2. The monoisotopic (exact) mass is 355 g/mol. The van der Waals surface area contributed by atoms with Crippen LogP contribution in [0.1, 0.15) is 10.5 Å². The van der Waals surface area contributed by atoms with E-state index in [4.69, 9.17) is 10.5 Å². The van der Waals surface area contributed by atoms with E-state index in [1.807, 2.05) is 0 Å². The molecule has 2 heterocycles. The second-order valence-corrected chi connectivity index (χ2v) is 5.13. The van der Waals surface area contributed by atoms with Gasteiger partial charge >= 0.3 is 0 Å². The molecule has 0 saturated heterocycles. The molecule has 1 aromatic rings. The number of halogens is 1. The van der Waals surface area contributed by atoms with Crippen molar-refractivity contribution in [3.63, 3.8) is 0 Å². The Balaban J connectivity index is 1.96. The number of nitrogens with two attached hydrogens (primary N) is 1. The van der Waals surface area contributed by atoms with Crippen LogP contribution in [0.3, 0.4) is 0 Å². The van der Waals surface area contributed by atoms with E-state index in [1.165, 1.54) is 13.2 Å². The second-order valence-electron chi connectivity index (χ2n) is 4.22. The molecule has 1 aliphatic rings. The van der Waals surface area contributed by atoms with E-state index >= 15 is 0 Å². The molecule has 0 bridgehead atoms. The molecule has 9 heteroatoms. The predicted molar refractivity (Wildman–Crippen MR) is 79.5 cm³/mol. The summed E-state index contributed by atoms with van der Waals surface area (Å²) in [6, 6.07) is 1.66. The Hall–Kier alpha value is -2.13. The average molecular weight is 356 g/mol. The van der Waals surface area contributed by atoms with Crippen molar-refractivity contribution < 1.29 is 14.3 Å². The zero-order chi connectivity index (χ0) is 15.4. The molecule has 0 aliphatic carbocycles. The molecular weight excluding hydrogens is 342 g/mol. The summed E-state index contributed by atoms with van der Waals surface area (Å²) in [5.41, 5.74) is 5.98. The van der Waals surface area contributed by atoms with Crippen LogP contribution in [-0.4, -0.2) is 42.5 Å². The van der Waals surface area contributed by atoms with Gasteiger partial charge in [-0.15, -0.1) is 0 Å². The molecule has 0 spiro atoms. The number of amides is 2. The standard InChI is InChI=1S/C12H14BrN5O3/c1-21-7(3-9-11(20)18-12(14)17-9)5-16-10(19)8-2-6(13)4-15-8/h2-4,7,15H,5H2,1H3,(H,16,19)(H3,14,17,18,20). The largest absolute Gasteiger partial charge is 0.375 e. The van der Waals surface area contributed by atoms with Crippen molar-refractivity contribution in [2.45, 2.75) is 6.10 Å². The second kappa shape index (κ2) is 6.55. The lowest BCUT2D eigenvalue weighted by molar-refractivity contribution is -0.115. The van der Waals surface area contributed by atoms with Gasteiger partial charge < -0.3 is 20.8 Å².